The molecule has 1 aromatic heterocycles. The van der Waals surface area contributed by atoms with Crippen molar-refractivity contribution in [3.8, 4) is 0 Å². The lowest BCUT2D eigenvalue weighted by Crippen LogP contribution is -2.37. The first kappa shape index (κ1) is 27.3. The van der Waals surface area contributed by atoms with Crippen LogP contribution in [0.5, 0.6) is 0 Å². The zero-order valence-electron chi connectivity index (χ0n) is 21.6. The summed E-state index contributed by atoms with van der Waals surface area (Å²) < 4.78 is 31.3. The van der Waals surface area contributed by atoms with Crippen molar-refractivity contribution in [2.45, 2.75) is 65.8 Å². The Kier molecular flexibility index (Phi) is 9.07. The van der Waals surface area contributed by atoms with Crippen LogP contribution in [0.2, 0.25) is 0 Å². The summed E-state index contributed by atoms with van der Waals surface area (Å²) in [6.45, 7) is 13.9. The SMILES string of the molecule is CCCn1c(=NC(=O)c2ccc(S(=O)(=O)N(CC(C)C)CC(C)C)cc2)sc2cc(CC)ccc21. The molecule has 6 nitrogen and oxygen atoms in total. The Bertz CT molecular complexity index is 1320. The van der Waals surface area contributed by atoms with E-state index in [0.717, 1.165) is 29.6 Å². The van der Waals surface area contributed by atoms with Gasteiger partial charge < -0.3 is 4.57 Å². The number of sulfonamides is 1. The Morgan fingerprint density at radius 1 is 1.00 bits per heavy atom. The van der Waals surface area contributed by atoms with E-state index >= 15 is 0 Å². The molecule has 0 radical (unpaired) electrons. The Hall–Kier alpha value is -2.29. The van der Waals surface area contributed by atoms with E-state index in [4.69, 9.17) is 0 Å². The van der Waals surface area contributed by atoms with Crippen LogP contribution in [0.4, 0.5) is 0 Å². The quantitative estimate of drug-likeness (QED) is 0.347. The minimum absolute atomic E-state index is 0.199. The number of benzene rings is 2. The molecular weight excluding hydrogens is 478 g/mol. The topological polar surface area (TPSA) is 71.7 Å². The number of rotatable bonds is 10. The number of nitrogens with zero attached hydrogens (tertiary/aromatic N) is 3. The average Bonchev–Trinajstić information content (AvgIpc) is 3.14. The first-order valence-electron chi connectivity index (χ1n) is 12.4. The largest absolute Gasteiger partial charge is 0.316 e. The minimum atomic E-state index is -3.64. The summed E-state index contributed by atoms with van der Waals surface area (Å²) in [5, 5.41) is 0. The van der Waals surface area contributed by atoms with Gasteiger partial charge in [-0.1, -0.05) is 58.9 Å². The van der Waals surface area contributed by atoms with Gasteiger partial charge in [-0.2, -0.15) is 9.30 Å². The normalized spacial score (nSPS) is 13.0. The van der Waals surface area contributed by atoms with Crippen molar-refractivity contribution < 1.29 is 13.2 Å². The molecule has 0 atom stereocenters. The Labute approximate surface area is 213 Å². The van der Waals surface area contributed by atoms with Gasteiger partial charge in [0.05, 0.1) is 15.1 Å². The summed E-state index contributed by atoms with van der Waals surface area (Å²) in [6, 6.07) is 12.5. The lowest BCUT2D eigenvalue weighted by atomic mass is 10.2. The molecule has 0 spiro atoms. The van der Waals surface area contributed by atoms with E-state index in [1.165, 1.54) is 29.0 Å². The van der Waals surface area contributed by atoms with Crippen LogP contribution in [-0.2, 0) is 23.0 Å². The van der Waals surface area contributed by atoms with Gasteiger partial charge in [-0.05, 0) is 66.6 Å². The maximum absolute atomic E-state index is 13.3. The first-order valence-corrected chi connectivity index (χ1v) is 14.6. The molecule has 8 heteroatoms. The van der Waals surface area contributed by atoms with Crippen LogP contribution in [0, 0.1) is 11.8 Å². The summed E-state index contributed by atoms with van der Waals surface area (Å²) in [5.41, 5.74) is 2.71. The van der Waals surface area contributed by atoms with Gasteiger partial charge in [0, 0.05) is 25.2 Å². The van der Waals surface area contributed by atoms with Crippen molar-refractivity contribution in [2.75, 3.05) is 13.1 Å². The van der Waals surface area contributed by atoms with Gasteiger partial charge in [0.25, 0.3) is 5.91 Å². The monoisotopic (exact) mass is 515 g/mol. The van der Waals surface area contributed by atoms with Crippen molar-refractivity contribution in [3.63, 3.8) is 0 Å². The third kappa shape index (κ3) is 6.48. The third-order valence-corrected chi connectivity index (χ3v) is 8.56. The fourth-order valence-corrected chi connectivity index (χ4v) is 6.90. The summed E-state index contributed by atoms with van der Waals surface area (Å²) >= 11 is 1.51. The molecule has 2 aromatic carbocycles. The molecule has 3 aromatic rings. The highest BCUT2D eigenvalue weighted by molar-refractivity contribution is 7.89. The number of carbonyl (C=O) groups excluding carboxylic acids is 1. The van der Waals surface area contributed by atoms with Crippen molar-refractivity contribution in [3.05, 3.63) is 58.4 Å². The van der Waals surface area contributed by atoms with E-state index in [1.54, 1.807) is 16.4 Å². The highest BCUT2D eigenvalue weighted by Crippen LogP contribution is 2.22. The van der Waals surface area contributed by atoms with Crippen molar-refractivity contribution in [1.29, 1.82) is 0 Å². The van der Waals surface area contributed by atoms with Crippen LogP contribution < -0.4 is 4.80 Å². The molecule has 3 rings (SSSR count). The van der Waals surface area contributed by atoms with E-state index < -0.39 is 10.0 Å². The van der Waals surface area contributed by atoms with E-state index in [2.05, 4.69) is 41.6 Å². The summed E-state index contributed by atoms with van der Waals surface area (Å²) in [6.07, 6.45) is 1.88. The van der Waals surface area contributed by atoms with E-state index in [9.17, 15) is 13.2 Å². The second-order valence-corrected chi connectivity index (χ2v) is 12.7. The van der Waals surface area contributed by atoms with Gasteiger partial charge in [-0.15, -0.1) is 0 Å². The fourth-order valence-electron chi connectivity index (χ4n) is 4.02. The van der Waals surface area contributed by atoms with Gasteiger partial charge in [0.15, 0.2) is 4.80 Å². The van der Waals surface area contributed by atoms with Gasteiger partial charge in [-0.3, -0.25) is 4.79 Å². The Morgan fingerprint density at radius 2 is 1.63 bits per heavy atom. The van der Waals surface area contributed by atoms with Gasteiger partial charge in [-0.25, -0.2) is 8.42 Å². The molecule has 0 bridgehead atoms. The zero-order chi connectivity index (χ0) is 25.8. The molecular formula is C27H37N3O3S2. The number of hydrogen-bond donors (Lipinski definition) is 0. The number of amides is 1. The van der Waals surface area contributed by atoms with E-state index in [-0.39, 0.29) is 22.6 Å². The minimum Gasteiger partial charge on any atom is -0.316 e. The van der Waals surface area contributed by atoms with Gasteiger partial charge >= 0.3 is 0 Å². The molecule has 1 heterocycles. The smallest absolute Gasteiger partial charge is 0.279 e. The molecule has 1 amide bonds. The second-order valence-electron chi connectivity index (χ2n) is 9.74. The highest BCUT2D eigenvalue weighted by Gasteiger charge is 2.26. The average molecular weight is 516 g/mol. The van der Waals surface area contributed by atoms with Crippen LogP contribution in [-0.4, -0.2) is 36.3 Å². The second kappa shape index (κ2) is 11.6. The highest BCUT2D eigenvalue weighted by atomic mass is 32.2. The van der Waals surface area contributed by atoms with E-state index in [1.807, 2.05) is 27.7 Å². The summed E-state index contributed by atoms with van der Waals surface area (Å²) in [7, 11) is -3.64. The van der Waals surface area contributed by atoms with Crippen molar-refractivity contribution in [1.82, 2.24) is 8.87 Å². The van der Waals surface area contributed by atoms with Crippen LogP contribution in [0.1, 0.15) is 63.9 Å². The molecule has 0 saturated heterocycles. The van der Waals surface area contributed by atoms with Gasteiger partial charge in [0.2, 0.25) is 10.0 Å². The summed E-state index contributed by atoms with van der Waals surface area (Å²) in [4.78, 5) is 18.3. The van der Waals surface area contributed by atoms with Crippen LogP contribution >= 0.6 is 11.3 Å². The number of carbonyl (C=O) groups is 1. The molecule has 0 fully saturated rings. The molecule has 0 unspecified atom stereocenters. The lowest BCUT2D eigenvalue weighted by Gasteiger charge is -2.25. The maximum Gasteiger partial charge on any atom is 0.279 e. The first-order chi connectivity index (χ1) is 16.6. The standard InChI is InChI=1S/C27H37N3O3S2/c1-7-15-30-24-14-9-21(8-2)16-25(24)34-27(30)28-26(31)22-10-12-23(13-11-22)35(32,33)29(17-19(3)4)18-20(5)6/h9-14,16,19-20H,7-8,15,17-18H2,1-6H3. The molecule has 0 saturated carbocycles. The summed E-state index contributed by atoms with van der Waals surface area (Å²) in [5.74, 6) is 0.0581. The van der Waals surface area contributed by atoms with Crippen LogP contribution in [0.25, 0.3) is 10.2 Å². The Balaban J connectivity index is 1.94. The number of thiazole rings is 1. The maximum atomic E-state index is 13.3. The predicted octanol–water partition coefficient (Wildman–Crippen LogP) is 5.72. The number of fused-ring (bicyclic) bond motifs is 1. The number of hydrogen-bond acceptors (Lipinski definition) is 4. The third-order valence-electron chi connectivity index (χ3n) is 5.68. The molecule has 0 aliphatic heterocycles. The molecule has 0 aliphatic rings. The number of aromatic nitrogens is 1. The van der Waals surface area contributed by atoms with Gasteiger partial charge in [0.1, 0.15) is 0 Å². The molecule has 190 valence electrons. The molecule has 35 heavy (non-hydrogen) atoms. The molecule has 0 aliphatic carbocycles. The van der Waals surface area contributed by atoms with E-state index in [0.29, 0.717) is 23.5 Å². The Morgan fingerprint density at radius 3 is 2.17 bits per heavy atom. The van der Waals surface area contributed by atoms with Crippen LogP contribution in [0.3, 0.4) is 0 Å². The number of aryl methyl sites for hydroxylation is 2. The molecule has 0 N–H and O–H groups in total. The van der Waals surface area contributed by atoms with Crippen molar-refractivity contribution >= 4 is 37.5 Å². The lowest BCUT2D eigenvalue weighted by molar-refractivity contribution is 0.0997. The fraction of sp³-hybridized carbons (Fsp3) is 0.481. The van der Waals surface area contributed by atoms with Crippen LogP contribution in [0.15, 0.2) is 52.4 Å². The van der Waals surface area contributed by atoms with Crippen molar-refractivity contribution in [2.24, 2.45) is 16.8 Å². The zero-order valence-corrected chi connectivity index (χ0v) is 23.2. The predicted molar refractivity (Wildman–Crippen MR) is 144 cm³/mol.